The van der Waals surface area contributed by atoms with Crippen LogP contribution in [0.1, 0.15) is 6.92 Å². The van der Waals surface area contributed by atoms with Crippen LogP contribution in [0, 0.1) is 5.82 Å². The highest BCUT2D eigenvalue weighted by molar-refractivity contribution is 5.84. The number of morpholine rings is 1. The quantitative estimate of drug-likeness (QED) is 0.909. The zero-order chi connectivity index (χ0) is 14.5. The fraction of sp³-hybridized carbons (Fsp3) is 0.500. The number of rotatable bonds is 4. The van der Waals surface area contributed by atoms with Gasteiger partial charge in [-0.05, 0) is 19.1 Å². The zero-order valence-electron chi connectivity index (χ0n) is 11.7. The monoisotopic (exact) mass is 282 g/mol. The van der Waals surface area contributed by atoms with Gasteiger partial charge in [-0.2, -0.15) is 0 Å². The van der Waals surface area contributed by atoms with E-state index in [1.807, 2.05) is 0 Å². The number of methoxy groups -OCH3 is 1. The van der Waals surface area contributed by atoms with Crippen molar-refractivity contribution in [3.8, 4) is 5.75 Å². The fourth-order valence-electron chi connectivity index (χ4n) is 2.13. The molecule has 20 heavy (non-hydrogen) atoms. The molecule has 110 valence electrons. The number of amides is 1. The zero-order valence-corrected chi connectivity index (χ0v) is 11.7. The smallest absolute Gasteiger partial charge is 0.244 e. The summed E-state index contributed by atoms with van der Waals surface area (Å²) in [4.78, 5) is 14.0. The van der Waals surface area contributed by atoms with Crippen LogP contribution in [-0.4, -0.2) is 50.3 Å². The Morgan fingerprint density at radius 3 is 2.75 bits per heavy atom. The maximum Gasteiger partial charge on any atom is 0.244 e. The molecule has 1 heterocycles. The Kier molecular flexibility index (Phi) is 4.79. The van der Waals surface area contributed by atoms with Crippen LogP contribution in [0.3, 0.4) is 0 Å². The normalized spacial score (nSPS) is 16.6. The van der Waals surface area contributed by atoms with Crippen molar-refractivity contribution in [3.63, 3.8) is 0 Å². The van der Waals surface area contributed by atoms with Gasteiger partial charge in [-0.25, -0.2) is 4.39 Å². The van der Waals surface area contributed by atoms with Crippen LogP contribution in [0.5, 0.6) is 5.75 Å². The minimum Gasteiger partial charge on any atom is -0.494 e. The van der Waals surface area contributed by atoms with Gasteiger partial charge in [0.05, 0.1) is 20.3 Å². The third-order valence-corrected chi connectivity index (χ3v) is 3.23. The average molecular weight is 282 g/mol. The van der Waals surface area contributed by atoms with Crippen molar-refractivity contribution >= 4 is 11.6 Å². The molecule has 1 saturated heterocycles. The summed E-state index contributed by atoms with van der Waals surface area (Å²) in [6, 6.07) is 4.12. The van der Waals surface area contributed by atoms with E-state index in [4.69, 9.17) is 9.47 Å². The maximum atomic E-state index is 13.6. The second-order valence-corrected chi connectivity index (χ2v) is 4.65. The van der Waals surface area contributed by atoms with Crippen molar-refractivity contribution in [2.45, 2.75) is 13.0 Å². The molecule has 0 saturated carbocycles. The third kappa shape index (κ3) is 3.39. The fourth-order valence-corrected chi connectivity index (χ4v) is 2.13. The van der Waals surface area contributed by atoms with E-state index in [9.17, 15) is 9.18 Å². The molecule has 0 aliphatic carbocycles. The van der Waals surface area contributed by atoms with E-state index in [1.165, 1.54) is 19.2 Å². The number of carbonyl (C=O) groups excluding carboxylic acids is 1. The summed E-state index contributed by atoms with van der Waals surface area (Å²) in [7, 11) is 1.41. The van der Waals surface area contributed by atoms with Crippen LogP contribution >= 0.6 is 0 Å². The predicted octanol–water partition coefficient (Wildman–Crippen LogP) is 1.49. The number of halogens is 1. The van der Waals surface area contributed by atoms with Crippen LogP contribution in [0.25, 0.3) is 0 Å². The van der Waals surface area contributed by atoms with Gasteiger partial charge in [0, 0.05) is 24.8 Å². The molecule has 1 aliphatic heterocycles. The number of nitrogens with one attached hydrogen (secondary N) is 1. The lowest BCUT2D eigenvalue weighted by Crippen LogP contribution is -2.47. The molecule has 1 N–H and O–H groups in total. The Bertz CT molecular complexity index is 475. The largest absolute Gasteiger partial charge is 0.494 e. The number of anilines is 1. The first-order chi connectivity index (χ1) is 9.61. The van der Waals surface area contributed by atoms with Crippen molar-refractivity contribution < 1.29 is 18.7 Å². The standard InChI is InChI=1S/C14H19FN2O3/c1-10(14(18)17-5-7-20-8-6-17)16-11-3-4-13(19-2)12(15)9-11/h3-4,9-10,16H,5-8H2,1-2H3. The summed E-state index contributed by atoms with van der Waals surface area (Å²) in [6.45, 7) is 4.09. The number of hydrogen-bond donors (Lipinski definition) is 1. The van der Waals surface area contributed by atoms with E-state index in [2.05, 4.69) is 5.32 Å². The molecule has 1 fully saturated rings. The van der Waals surface area contributed by atoms with E-state index < -0.39 is 11.9 Å². The summed E-state index contributed by atoms with van der Waals surface area (Å²) in [6.07, 6.45) is 0. The molecule has 0 aromatic heterocycles. The van der Waals surface area contributed by atoms with Crippen molar-refractivity contribution in [2.24, 2.45) is 0 Å². The van der Waals surface area contributed by atoms with Crippen molar-refractivity contribution in [1.29, 1.82) is 0 Å². The van der Waals surface area contributed by atoms with Gasteiger partial charge in [0.25, 0.3) is 0 Å². The molecule has 1 aliphatic rings. The Hall–Kier alpha value is -1.82. The van der Waals surface area contributed by atoms with E-state index in [0.717, 1.165) is 0 Å². The molecule has 5 nitrogen and oxygen atoms in total. The van der Waals surface area contributed by atoms with E-state index in [1.54, 1.807) is 17.9 Å². The molecule has 6 heteroatoms. The minimum absolute atomic E-state index is 0.00970. The minimum atomic E-state index is -0.455. The molecule has 1 amide bonds. The Balaban J connectivity index is 1.98. The lowest BCUT2D eigenvalue weighted by Gasteiger charge is -2.29. The van der Waals surface area contributed by atoms with Gasteiger partial charge in [-0.1, -0.05) is 0 Å². The van der Waals surface area contributed by atoms with Crippen molar-refractivity contribution in [1.82, 2.24) is 4.90 Å². The van der Waals surface area contributed by atoms with E-state index in [-0.39, 0.29) is 11.7 Å². The Labute approximate surface area is 117 Å². The number of ether oxygens (including phenoxy) is 2. The van der Waals surface area contributed by atoms with Crippen LogP contribution in [0.15, 0.2) is 18.2 Å². The van der Waals surface area contributed by atoms with Crippen LogP contribution in [-0.2, 0) is 9.53 Å². The van der Waals surface area contributed by atoms with Gasteiger partial charge in [-0.3, -0.25) is 4.79 Å². The molecule has 2 rings (SSSR count). The maximum absolute atomic E-state index is 13.6. The van der Waals surface area contributed by atoms with Crippen molar-refractivity contribution in [2.75, 3.05) is 38.7 Å². The summed E-state index contributed by atoms with van der Waals surface area (Å²) in [5, 5.41) is 3.00. The summed E-state index contributed by atoms with van der Waals surface area (Å²) in [5.74, 6) is -0.282. The Morgan fingerprint density at radius 1 is 1.45 bits per heavy atom. The van der Waals surface area contributed by atoms with Gasteiger partial charge in [0.1, 0.15) is 6.04 Å². The molecule has 0 bridgehead atoms. The predicted molar refractivity (Wildman–Crippen MR) is 73.4 cm³/mol. The lowest BCUT2D eigenvalue weighted by atomic mass is 10.2. The Morgan fingerprint density at radius 2 is 2.15 bits per heavy atom. The number of carbonyl (C=O) groups is 1. The van der Waals surface area contributed by atoms with Crippen LogP contribution < -0.4 is 10.1 Å². The second-order valence-electron chi connectivity index (χ2n) is 4.65. The summed E-state index contributed by atoms with van der Waals surface area (Å²) >= 11 is 0. The van der Waals surface area contributed by atoms with E-state index in [0.29, 0.717) is 32.0 Å². The summed E-state index contributed by atoms with van der Waals surface area (Å²) < 4.78 is 23.6. The van der Waals surface area contributed by atoms with Crippen LogP contribution in [0.2, 0.25) is 0 Å². The topological polar surface area (TPSA) is 50.8 Å². The highest BCUT2D eigenvalue weighted by Crippen LogP contribution is 2.21. The summed E-state index contributed by atoms with van der Waals surface area (Å²) in [5.41, 5.74) is 0.553. The molecule has 1 aromatic carbocycles. The third-order valence-electron chi connectivity index (χ3n) is 3.23. The SMILES string of the molecule is COc1ccc(NC(C)C(=O)N2CCOCC2)cc1F. The first-order valence-electron chi connectivity index (χ1n) is 6.58. The highest BCUT2D eigenvalue weighted by Gasteiger charge is 2.22. The lowest BCUT2D eigenvalue weighted by molar-refractivity contribution is -0.135. The molecule has 0 radical (unpaired) electrons. The number of nitrogens with zero attached hydrogens (tertiary/aromatic N) is 1. The number of hydrogen-bond acceptors (Lipinski definition) is 4. The van der Waals surface area contributed by atoms with Gasteiger partial charge in [0.15, 0.2) is 11.6 Å². The molecule has 0 spiro atoms. The second kappa shape index (κ2) is 6.56. The molecular formula is C14H19FN2O3. The van der Waals surface area contributed by atoms with Gasteiger partial charge in [0.2, 0.25) is 5.91 Å². The molecule has 1 aromatic rings. The van der Waals surface area contributed by atoms with Gasteiger partial charge < -0.3 is 19.7 Å². The molecular weight excluding hydrogens is 263 g/mol. The first kappa shape index (κ1) is 14.6. The van der Waals surface area contributed by atoms with E-state index >= 15 is 0 Å². The van der Waals surface area contributed by atoms with Crippen molar-refractivity contribution in [3.05, 3.63) is 24.0 Å². The average Bonchev–Trinajstić information content (AvgIpc) is 2.47. The first-order valence-corrected chi connectivity index (χ1v) is 6.58. The van der Waals surface area contributed by atoms with Gasteiger partial charge in [-0.15, -0.1) is 0 Å². The number of benzene rings is 1. The molecule has 1 unspecified atom stereocenters. The molecule has 1 atom stereocenters. The van der Waals surface area contributed by atoms with Gasteiger partial charge >= 0.3 is 0 Å². The van der Waals surface area contributed by atoms with Crippen LogP contribution in [0.4, 0.5) is 10.1 Å². The highest BCUT2D eigenvalue weighted by atomic mass is 19.1.